The number of ether oxygens (including phenoxy) is 2. The van der Waals surface area contributed by atoms with Crippen molar-refractivity contribution in [3.8, 4) is 11.5 Å². The van der Waals surface area contributed by atoms with Gasteiger partial charge in [-0.1, -0.05) is 50.2 Å². The first kappa shape index (κ1) is 24.1. The summed E-state index contributed by atoms with van der Waals surface area (Å²) in [5, 5.41) is 17.4. The van der Waals surface area contributed by atoms with Crippen molar-refractivity contribution in [1.29, 1.82) is 0 Å². The Labute approximate surface area is 211 Å². The maximum atomic E-state index is 13.4. The highest BCUT2D eigenvalue weighted by atomic mass is 16.5. The van der Waals surface area contributed by atoms with Crippen LogP contribution in [0.4, 0.5) is 5.95 Å². The quantitative estimate of drug-likeness (QED) is 0.483. The van der Waals surface area contributed by atoms with Crippen molar-refractivity contribution < 1.29 is 19.4 Å². The van der Waals surface area contributed by atoms with Gasteiger partial charge in [-0.15, -0.1) is 0 Å². The van der Waals surface area contributed by atoms with E-state index in [4.69, 9.17) is 14.6 Å². The fourth-order valence-electron chi connectivity index (χ4n) is 5.01. The molecule has 0 bridgehead atoms. The van der Waals surface area contributed by atoms with Crippen molar-refractivity contribution in [2.45, 2.75) is 52.2 Å². The third kappa shape index (κ3) is 4.73. The zero-order valence-corrected chi connectivity index (χ0v) is 21.0. The van der Waals surface area contributed by atoms with Crippen molar-refractivity contribution in [3.63, 3.8) is 0 Å². The first-order valence-electron chi connectivity index (χ1n) is 12.3. The Balaban J connectivity index is 1.53. The highest BCUT2D eigenvalue weighted by molar-refractivity contribution is 6.00. The summed E-state index contributed by atoms with van der Waals surface area (Å²) in [6.07, 6.45) is 2.36. The number of aryl methyl sites for hydroxylation is 1. The summed E-state index contributed by atoms with van der Waals surface area (Å²) < 4.78 is 13.5. The molecule has 3 aromatic rings. The maximum absolute atomic E-state index is 13.4. The van der Waals surface area contributed by atoms with Gasteiger partial charge in [0.05, 0.1) is 7.11 Å². The standard InChI is InChI=1S/C28H32N4O4/c1-28(2)15-20-25(21(34)16-28)26(32-27(29-20)30-24(31-32)10-7-13-33)19-11-12-22(23(14-19)35-3)36-17-18-8-5-4-6-9-18/h4-6,8-9,11-12,14,26,33H,7,10,13,15-17H2,1-3H3,(H,29,30,31). The number of methoxy groups -OCH3 is 1. The summed E-state index contributed by atoms with van der Waals surface area (Å²) in [5.74, 6) is 2.58. The van der Waals surface area contributed by atoms with Crippen LogP contribution in [0.25, 0.3) is 0 Å². The molecule has 0 saturated heterocycles. The molecule has 36 heavy (non-hydrogen) atoms. The summed E-state index contributed by atoms with van der Waals surface area (Å²) in [4.78, 5) is 18.1. The largest absolute Gasteiger partial charge is 0.493 e. The van der Waals surface area contributed by atoms with Crippen molar-refractivity contribution >= 4 is 11.7 Å². The smallest absolute Gasteiger partial charge is 0.226 e. The highest BCUT2D eigenvalue weighted by Crippen LogP contribution is 2.46. The second kappa shape index (κ2) is 9.78. The van der Waals surface area contributed by atoms with Gasteiger partial charge in [-0.05, 0) is 41.5 Å². The van der Waals surface area contributed by atoms with Crippen molar-refractivity contribution in [1.82, 2.24) is 14.8 Å². The molecule has 1 atom stereocenters. The Morgan fingerprint density at radius 2 is 1.94 bits per heavy atom. The van der Waals surface area contributed by atoms with Gasteiger partial charge >= 0.3 is 0 Å². The number of fused-ring (bicyclic) bond motifs is 1. The van der Waals surface area contributed by atoms with Crippen molar-refractivity contribution in [2.24, 2.45) is 5.41 Å². The molecule has 0 fully saturated rings. The molecule has 188 valence electrons. The number of hydrogen-bond donors (Lipinski definition) is 2. The highest BCUT2D eigenvalue weighted by Gasteiger charge is 2.42. The molecule has 1 aliphatic carbocycles. The Kier molecular flexibility index (Phi) is 6.53. The van der Waals surface area contributed by atoms with Gasteiger partial charge in [-0.25, -0.2) is 4.68 Å². The molecule has 8 heteroatoms. The third-order valence-corrected chi connectivity index (χ3v) is 6.67. The zero-order valence-electron chi connectivity index (χ0n) is 21.0. The number of aliphatic hydroxyl groups is 1. The predicted octanol–water partition coefficient (Wildman–Crippen LogP) is 4.45. The van der Waals surface area contributed by atoms with Gasteiger partial charge < -0.3 is 19.9 Å². The second-order valence-corrected chi connectivity index (χ2v) is 10.2. The lowest BCUT2D eigenvalue weighted by atomic mass is 9.73. The van der Waals surface area contributed by atoms with Gasteiger partial charge in [0.25, 0.3) is 0 Å². The van der Waals surface area contributed by atoms with E-state index in [0.29, 0.717) is 49.1 Å². The summed E-state index contributed by atoms with van der Waals surface area (Å²) in [6.45, 7) is 4.72. The van der Waals surface area contributed by atoms with Crippen molar-refractivity contribution in [3.05, 3.63) is 76.8 Å². The Morgan fingerprint density at radius 3 is 2.69 bits per heavy atom. The van der Waals surface area contributed by atoms with E-state index in [-0.39, 0.29) is 17.8 Å². The number of nitrogens with zero attached hydrogens (tertiary/aromatic N) is 3. The van der Waals surface area contributed by atoms with Crippen LogP contribution < -0.4 is 14.8 Å². The van der Waals surface area contributed by atoms with Gasteiger partial charge in [-0.2, -0.15) is 10.1 Å². The van der Waals surface area contributed by atoms with Crippen molar-refractivity contribution in [2.75, 3.05) is 19.0 Å². The lowest BCUT2D eigenvalue weighted by Gasteiger charge is -2.38. The van der Waals surface area contributed by atoms with E-state index in [1.165, 1.54) is 0 Å². The molecule has 8 nitrogen and oxygen atoms in total. The predicted molar refractivity (Wildman–Crippen MR) is 136 cm³/mol. The van der Waals surface area contributed by atoms with E-state index in [1.54, 1.807) is 11.8 Å². The van der Waals surface area contributed by atoms with Crippen LogP contribution in [-0.2, 0) is 17.8 Å². The molecule has 0 amide bonds. The number of carbonyl (C=O) groups is 1. The molecular weight excluding hydrogens is 456 g/mol. The minimum absolute atomic E-state index is 0.0732. The first-order chi connectivity index (χ1) is 17.4. The fourth-order valence-corrected chi connectivity index (χ4v) is 5.01. The molecule has 2 aliphatic rings. The molecule has 2 N–H and O–H groups in total. The summed E-state index contributed by atoms with van der Waals surface area (Å²) in [7, 11) is 1.61. The minimum atomic E-state index is -0.424. The number of Topliss-reactive ketones (excluding diaryl/α,β-unsaturated/α-hetero) is 1. The van der Waals surface area contributed by atoms with Crippen LogP contribution in [0.2, 0.25) is 0 Å². The molecular formula is C28H32N4O4. The molecule has 0 spiro atoms. The molecule has 1 aliphatic heterocycles. The van der Waals surface area contributed by atoms with Gasteiger partial charge in [0.1, 0.15) is 12.6 Å². The molecule has 1 aromatic heterocycles. The molecule has 2 aromatic carbocycles. The topological polar surface area (TPSA) is 98.5 Å². The van der Waals surface area contributed by atoms with Crippen LogP contribution in [0.15, 0.2) is 59.8 Å². The van der Waals surface area contributed by atoms with Crippen LogP contribution in [0.3, 0.4) is 0 Å². The Morgan fingerprint density at radius 1 is 1.14 bits per heavy atom. The second-order valence-electron chi connectivity index (χ2n) is 10.2. The van der Waals surface area contributed by atoms with E-state index in [1.807, 2.05) is 48.5 Å². The van der Waals surface area contributed by atoms with E-state index in [2.05, 4.69) is 24.1 Å². The Hall–Kier alpha value is -3.65. The SMILES string of the molecule is COc1cc(C2C3=C(CC(C)(C)CC3=O)Nc3nc(CCCO)nn32)ccc1OCc1ccccc1. The molecule has 2 heterocycles. The van der Waals surface area contributed by atoms with Gasteiger partial charge in [0.15, 0.2) is 23.1 Å². The number of aromatic nitrogens is 3. The van der Waals surface area contributed by atoms with Crippen LogP contribution >= 0.6 is 0 Å². The number of ketones is 1. The van der Waals surface area contributed by atoms with E-state index in [0.717, 1.165) is 28.8 Å². The normalized spacial score (nSPS) is 18.3. The fraction of sp³-hybridized carbons (Fsp3) is 0.393. The monoisotopic (exact) mass is 488 g/mol. The number of rotatable bonds is 8. The molecule has 1 unspecified atom stereocenters. The zero-order chi connectivity index (χ0) is 25.3. The average molecular weight is 489 g/mol. The maximum Gasteiger partial charge on any atom is 0.226 e. The average Bonchev–Trinajstić information content (AvgIpc) is 3.27. The van der Waals surface area contributed by atoms with Crippen LogP contribution in [-0.4, -0.2) is 39.4 Å². The Bertz CT molecular complexity index is 1300. The first-order valence-corrected chi connectivity index (χ1v) is 12.3. The molecule has 0 saturated carbocycles. The molecule has 0 radical (unpaired) electrons. The van der Waals surface area contributed by atoms with E-state index in [9.17, 15) is 9.90 Å². The van der Waals surface area contributed by atoms with Gasteiger partial charge in [-0.3, -0.25) is 4.79 Å². The van der Waals surface area contributed by atoms with E-state index < -0.39 is 6.04 Å². The van der Waals surface area contributed by atoms with Gasteiger partial charge in [0, 0.05) is 30.7 Å². The number of hydrogen-bond acceptors (Lipinski definition) is 7. The summed E-state index contributed by atoms with van der Waals surface area (Å²) in [5.41, 5.74) is 3.43. The number of nitrogens with one attached hydrogen (secondary N) is 1. The summed E-state index contributed by atoms with van der Waals surface area (Å²) in [6, 6.07) is 15.3. The lowest BCUT2D eigenvalue weighted by molar-refractivity contribution is -0.118. The van der Waals surface area contributed by atoms with Gasteiger partial charge in [0.2, 0.25) is 5.95 Å². The number of anilines is 1. The number of aliphatic hydroxyl groups excluding tert-OH is 1. The summed E-state index contributed by atoms with van der Waals surface area (Å²) >= 11 is 0. The molecule has 5 rings (SSSR count). The van der Waals surface area contributed by atoms with Crippen LogP contribution in [0, 0.1) is 5.41 Å². The lowest BCUT2D eigenvalue weighted by Crippen LogP contribution is -2.36. The number of allylic oxidation sites excluding steroid dienone is 2. The van der Waals surface area contributed by atoms with Crippen LogP contribution in [0.5, 0.6) is 11.5 Å². The third-order valence-electron chi connectivity index (χ3n) is 6.67. The number of carbonyl (C=O) groups excluding carboxylic acids is 1. The number of benzene rings is 2. The minimum Gasteiger partial charge on any atom is -0.493 e. The van der Waals surface area contributed by atoms with Crippen LogP contribution in [0.1, 0.15) is 56.1 Å². The van der Waals surface area contributed by atoms with E-state index >= 15 is 0 Å².